The second-order valence-corrected chi connectivity index (χ2v) is 6.72. The van der Waals surface area contributed by atoms with Crippen LogP contribution in [0.15, 0.2) is 41.6 Å². The Morgan fingerprint density at radius 2 is 1.89 bits per heavy atom. The molecule has 0 saturated carbocycles. The average molecular weight is 384 g/mol. The molecule has 0 N–H and O–H groups in total. The Labute approximate surface area is 166 Å². The van der Waals surface area contributed by atoms with Crippen molar-refractivity contribution in [3.05, 3.63) is 42.0 Å². The van der Waals surface area contributed by atoms with Crippen LogP contribution in [0.1, 0.15) is 31.7 Å². The normalized spacial score (nSPS) is 15.0. The molecule has 1 fully saturated rings. The molecule has 3 rings (SSSR count). The Morgan fingerprint density at radius 1 is 1.11 bits per heavy atom. The number of nitrogens with zero attached hydrogens (tertiary/aromatic N) is 4. The first-order chi connectivity index (χ1) is 13.8. The van der Waals surface area contributed by atoms with Gasteiger partial charge in [0.05, 0.1) is 19.9 Å². The van der Waals surface area contributed by atoms with E-state index in [2.05, 4.69) is 20.3 Å². The van der Waals surface area contributed by atoms with Crippen molar-refractivity contribution < 1.29 is 14.3 Å². The molecule has 7 nitrogen and oxygen atoms in total. The first kappa shape index (κ1) is 19.9. The summed E-state index contributed by atoms with van der Waals surface area (Å²) in [5.74, 6) is 3.04. The van der Waals surface area contributed by atoms with Crippen LogP contribution in [-0.2, 0) is 4.84 Å². The van der Waals surface area contributed by atoms with Gasteiger partial charge in [0.1, 0.15) is 12.4 Å². The highest BCUT2D eigenvalue weighted by atomic mass is 16.6. The van der Waals surface area contributed by atoms with Crippen molar-refractivity contribution in [2.24, 2.45) is 11.1 Å². The molecule has 28 heavy (non-hydrogen) atoms. The van der Waals surface area contributed by atoms with E-state index in [0.717, 1.165) is 56.1 Å². The largest absolute Gasteiger partial charge is 0.494 e. The van der Waals surface area contributed by atoms with Gasteiger partial charge in [0.2, 0.25) is 5.88 Å². The van der Waals surface area contributed by atoms with Crippen molar-refractivity contribution in [2.45, 2.75) is 26.2 Å². The molecule has 1 aromatic heterocycles. The van der Waals surface area contributed by atoms with Gasteiger partial charge >= 0.3 is 0 Å². The zero-order chi connectivity index (χ0) is 19.6. The molecule has 2 heterocycles. The average Bonchev–Trinajstić information content (AvgIpc) is 2.76. The highest BCUT2D eigenvalue weighted by Gasteiger charge is 2.20. The molecule has 0 aliphatic carbocycles. The van der Waals surface area contributed by atoms with E-state index in [-0.39, 0.29) is 0 Å². The van der Waals surface area contributed by atoms with Crippen LogP contribution < -0.4 is 14.4 Å². The first-order valence-corrected chi connectivity index (χ1v) is 9.79. The van der Waals surface area contributed by atoms with Crippen LogP contribution in [0.25, 0.3) is 0 Å². The molecule has 2 aromatic rings. The first-order valence-electron chi connectivity index (χ1n) is 9.79. The van der Waals surface area contributed by atoms with Crippen LogP contribution in [0.5, 0.6) is 11.6 Å². The number of hydrogen-bond acceptors (Lipinski definition) is 7. The topological polar surface area (TPSA) is 69.1 Å². The number of anilines is 1. The minimum atomic E-state index is 0.547. The number of benzene rings is 1. The van der Waals surface area contributed by atoms with Crippen molar-refractivity contribution in [3.63, 3.8) is 0 Å². The predicted octanol–water partition coefficient (Wildman–Crippen LogP) is 3.54. The van der Waals surface area contributed by atoms with Gasteiger partial charge in [-0.1, -0.05) is 5.16 Å². The number of methoxy groups -OCH3 is 1. The Balaban J connectivity index is 1.37. The molecule has 150 valence electrons. The Morgan fingerprint density at radius 3 is 2.54 bits per heavy atom. The Bertz CT molecular complexity index is 726. The number of rotatable bonds is 9. The number of hydrogen-bond donors (Lipinski definition) is 0. The summed E-state index contributed by atoms with van der Waals surface area (Å²) in [4.78, 5) is 7.25. The highest BCUT2D eigenvalue weighted by Crippen LogP contribution is 2.24. The van der Waals surface area contributed by atoms with Crippen molar-refractivity contribution >= 4 is 12.0 Å². The van der Waals surface area contributed by atoms with Crippen LogP contribution in [0, 0.1) is 5.92 Å². The molecule has 0 radical (unpaired) electrons. The lowest BCUT2D eigenvalue weighted by atomic mass is 9.94. The minimum absolute atomic E-state index is 0.547. The molecule has 1 saturated heterocycles. The Hall–Kier alpha value is -2.83. The number of aromatic nitrogens is 2. The fourth-order valence-corrected chi connectivity index (χ4v) is 3.21. The fourth-order valence-electron chi connectivity index (χ4n) is 3.21. The summed E-state index contributed by atoms with van der Waals surface area (Å²) in [7, 11) is 1.60. The predicted molar refractivity (Wildman–Crippen MR) is 109 cm³/mol. The monoisotopic (exact) mass is 384 g/mol. The molecular formula is C21H28N4O3. The van der Waals surface area contributed by atoms with E-state index in [1.165, 1.54) is 0 Å². The second kappa shape index (κ2) is 10.5. The summed E-state index contributed by atoms with van der Waals surface area (Å²) >= 11 is 0. The highest BCUT2D eigenvalue weighted by molar-refractivity contribution is 5.79. The maximum absolute atomic E-state index is 5.90. The van der Waals surface area contributed by atoms with Gasteiger partial charge in [-0.25, -0.2) is 0 Å². The molecule has 0 bridgehead atoms. The van der Waals surface area contributed by atoms with E-state index < -0.39 is 0 Å². The smallest absolute Gasteiger partial charge is 0.233 e. The third kappa shape index (κ3) is 5.84. The lowest BCUT2D eigenvalue weighted by Crippen LogP contribution is -2.34. The van der Waals surface area contributed by atoms with Gasteiger partial charge < -0.3 is 19.2 Å². The fraction of sp³-hybridized carbons (Fsp3) is 0.476. The van der Waals surface area contributed by atoms with E-state index >= 15 is 0 Å². The van der Waals surface area contributed by atoms with E-state index in [9.17, 15) is 0 Å². The number of piperidine rings is 1. The summed E-state index contributed by atoms with van der Waals surface area (Å²) in [5, 5.41) is 12.2. The SMILES string of the molecule is CCO/N=C/c1ccc(OCCC2CCN(c3ccc(OC)nn3)CC2)cc1. The van der Waals surface area contributed by atoms with Crippen LogP contribution in [0.3, 0.4) is 0 Å². The molecule has 1 aliphatic heterocycles. The lowest BCUT2D eigenvalue weighted by molar-refractivity contribution is 0.160. The molecule has 1 aliphatic rings. The quantitative estimate of drug-likeness (QED) is 0.487. The van der Waals surface area contributed by atoms with Crippen molar-refractivity contribution in [1.29, 1.82) is 0 Å². The standard InChI is InChI=1S/C21H28N4O3/c1-3-28-22-16-18-4-6-19(7-5-18)27-15-12-17-10-13-25(14-11-17)20-8-9-21(26-2)24-23-20/h4-9,16-17H,3,10-15H2,1-2H3/b22-16+. The van der Waals surface area contributed by atoms with E-state index in [1.54, 1.807) is 13.3 Å². The van der Waals surface area contributed by atoms with Crippen molar-refractivity contribution in [3.8, 4) is 11.6 Å². The number of oxime groups is 1. The molecule has 0 spiro atoms. The minimum Gasteiger partial charge on any atom is -0.494 e. The lowest BCUT2D eigenvalue weighted by Gasteiger charge is -2.32. The van der Waals surface area contributed by atoms with Gasteiger partial charge in [-0.15, -0.1) is 10.2 Å². The van der Waals surface area contributed by atoms with E-state index in [4.69, 9.17) is 14.3 Å². The molecule has 0 atom stereocenters. The van der Waals surface area contributed by atoms with Gasteiger partial charge in [0.15, 0.2) is 5.82 Å². The molecule has 7 heteroatoms. The summed E-state index contributed by atoms with van der Waals surface area (Å²) in [6.45, 7) is 5.22. The van der Waals surface area contributed by atoms with Gasteiger partial charge in [0, 0.05) is 19.2 Å². The number of ether oxygens (including phenoxy) is 2. The summed E-state index contributed by atoms with van der Waals surface area (Å²) in [6.07, 6.45) is 5.05. The third-order valence-electron chi connectivity index (χ3n) is 4.85. The van der Waals surface area contributed by atoms with Crippen LogP contribution in [0.4, 0.5) is 5.82 Å². The summed E-state index contributed by atoms with van der Waals surface area (Å²) < 4.78 is 11.0. The summed E-state index contributed by atoms with van der Waals surface area (Å²) in [5.41, 5.74) is 0.995. The maximum Gasteiger partial charge on any atom is 0.233 e. The van der Waals surface area contributed by atoms with Gasteiger partial charge in [0.25, 0.3) is 0 Å². The molecule has 0 unspecified atom stereocenters. The Kier molecular flexibility index (Phi) is 7.46. The van der Waals surface area contributed by atoms with Gasteiger partial charge in [-0.2, -0.15) is 0 Å². The van der Waals surface area contributed by atoms with Crippen molar-refractivity contribution in [2.75, 3.05) is 38.3 Å². The second-order valence-electron chi connectivity index (χ2n) is 6.72. The molecule has 0 amide bonds. The van der Waals surface area contributed by atoms with Gasteiger partial charge in [-0.3, -0.25) is 0 Å². The van der Waals surface area contributed by atoms with E-state index in [1.807, 2.05) is 43.3 Å². The summed E-state index contributed by atoms with van der Waals surface area (Å²) in [6, 6.07) is 11.7. The molecule has 1 aromatic carbocycles. The van der Waals surface area contributed by atoms with Crippen molar-refractivity contribution in [1.82, 2.24) is 10.2 Å². The maximum atomic E-state index is 5.90. The zero-order valence-corrected chi connectivity index (χ0v) is 16.6. The molecular weight excluding hydrogens is 356 g/mol. The van der Waals surface area contributed by atoms with Gasteiger partial charge in [-0.05, 0) is 68.0 Å². The van der Waals surface area contributed by atoms with Crippen LogP contribution in [-0.4, -0.2) is 49.8 Å². The van der Waals surface area contributed by atoms with Crippen LogP contribution >= 0.6 is 0 Å². The van der Waals surface area contributed by atoms with E-state index in [0.29, 0.717) is 18.4 Å². The zero-order valence-electron chi connectivity index (χ0n) is 16.6. The third-order valence-corrected chi connectivity index (χ3v) is 4.85. The van der Waals surface area contributed by atoms with Crippen LogP contribution in [0.2, 0.25) is 0 Å².